The van der Waals surface area contributed by atoms with E-state index in [9.17, 15) is 4.79 Å². The minimum atomic E-state index is 0.124. The number of aryl methyl sites for hydroxylation is 1. The van der Waals surface area contributed by atoms with Gasteiger partial charge in [-0.05, 0) is 35.9 Å². The summed E-state index contributed by atoms with van der Waals surface area (Å²) in [5.41, 5.74) is 0.124. The quantitative estimate of drug-likeness (QED) is 0.757. The molecule has 0 unspecified atom stereocenters. The van der Waals surface area contributed by atoms with Gasteiger partial charge in [0.05, 0.1) is 0 Å². The van der Waals surface area contributed by atoms with Crippen LogP contribution in [-0.2, 0) is 6.54 Å². The maximum atomic E-state index is 12.1. The molecule has 3 heteroatoms. The highest BCUT2D eigenvalue weighted by Crippen LogP contribution is 2.08. The second kappa shape index (κ2) is 5.21. The van der Waals surface area contributed by atoms with Crippen LogP contribution in [0.1, 0.15) is 6.42 Å². The van der Waals surface area contributed by atoms with E-state index in [4.69, 9.17) is 0 Å². The van der Waals surface area contributed by atoms with Gasteiger partial charge < -0.3 is 4.57 Å². The van der Waals surface area contributed by atoms with Gasteiger partial charge in [-0.15, -0.1) is 0 Å². The lowest BCUT2D eigenvalue weighted by atomic mass is 10.2. The van der Waals surface area contributed by atoms with Gasteiger partial charge in [0.1, 0.15) is 0 Å². The molecule has 2 rings (SSSR count). The molecule has 0 saturated carbocycles. The molecule has 0 spiro atoms. The molecule has 1 aromatic heterocycles. The molecule has 0 amide bonds. The summed E-state index contributed by atoms with van der Waals surface area (Å²) in [5, 5.41) is 1.84. The van der Waals surface area contributed by atoms with Crippen molar-refractivity contribution in [3.8, 4) is 0 Å². The molecule has 2 nitrogen and oxygen atoms in total. The summed E-state index contributed by atoms with van der Waals surface area (Å²) in [4.78, 5) is 12.1. The van der Waals surface area contributed by atoms with Crippen LogP contribution in [0.3, 0.4) is 0 Å². The average Bonchev–Trinajstić information content (AvgIpc) is 2.33. The van der Waals surface area contributed by atoms with Gasteiger partial charge in [0, 0.05) is 18.1 Å². The molecule has 0 aliphatic carbocycles. The molecule has 2 aromatic rings. The van der Waals surface area contributed by atoms with E-state index in [1.54, 1.807) is 4.57 Å². The Balaban J connectivity index is 2.33. The number of nitrogens with zero attached hydrogens (tertiary/aromatic N) is 1. The molecule has 0 bridgehead atoms. The van der Waals surface area contributed by atoms with Gasteiger partial charge in [-0.3, -0.25) is 4.79 Å². The van der Waals surface area contributed by atoms with Crippen molar-refractivity contribution < 1.29 is 0 Å². The van der Waals surface area contributed by atoms with Crippen molar-refractivity contribution in [2.45, 2.75) is 13.0 Å². The van der Waals surface area contributed by atoms with Gasteiger partial charge in [-0.2, -0.15) is 11.8 Å². The zero-order valence-corrected chi connectivity index (χ0v) is 10.2. The van der Waals surface area contributed by atoms with Gasteiger partial charge in [-0.25, -0.2) is 0 Å². The fourth-order valence-electron chi connectivity index (χ4n) is 1.79. The van der Waals surface area contributed by atoms with Crippen LogP contribution in [0.25, 0.3) is 10.8 Å². The molecule has 0 radical (unpaired) electrons. The maximum absolute atomic E-state index is 12.1. The standard InChI is InChI=1S/C13H15NOS/c1-16-10-4-8-14-9-7-11-5-2-3-6-12(11)13(14)15/h2-3,5-7,9H,4,8,10H2,1H3. The number of thioether (sulfide) groups is 1. The van der Waals surface area contributed by atoms with E-state index in [2.05, 4.69) is 6.26 Å². The van der Waals surface area contributed by atoms with Crippen molar-refractivity contribution in [3.63, 3.8) is 0 Å². The topological polar surface area (TPSA) is 22.0 Å². The van der Waals surface area contributed by atoms with Crippen LogP contribution in [-0.4, -0.2) is 16.6 Å². The van der Waals surface area contributed by atoms with Gasteiger partial charge in [-0.1, -0.05) is 18.2 Å². The number of benzene rings is 1. The Labute approximate surface area is 99.3 Å². The van der Waals surface area contributed by atoms with Crippen LogP contribution in [0.4, 0.5) is 0 Å². The van der Waals surface area contributed by atoms with E-state index in [1.807, 2.05) is 48.3 Å². The molecule has 1 heterocycles. The third-order valence-corrected chi connectivity index (χ3v) is 3.33. The summed E-state index contributed by atoms with van der Waals surface area (Å²) in [7, 11) is 0. The van der Waals surface area contributed by atoms with E-state index in [0.717, 1.165) is 29.5 Å². The predicted octanol–water partition coefficient (Wildman–Crippen LogP) is 2.75. The van der Waals surface area contributed by atoms with E-state index >= 15 is 0 Å². The highest BCUT2D eigenvalue weighted by atomic mass is 32.2. The molecule has 16 heavy (non-hydrogen) atoms. The number of aromatic nitrogens is 1. The molecular formula is C13H15NOS. The van der Waals surface area contributed by atoms with Crippen molar-refractivity contribution in [1.82, 2.24) is 4.57 Å². The van der Waals surface area contributed by atoms with Crippen molar-refractivity contribution in [3.05, 3.63) is 46.9 Å². The fraction of sp³-hybridized carbons (Fsp3) is 0.308. The lowest BCUT2D eigenvalue weighted by molar-refractivity contribution is 0.664. The van der Waals surface area contributed by atoms with Gasteiger partial charge >= 0.3 is 0 Å². The van der Waals surface area contributed by atoms with Crippen LogP contribution in [0.2, 0.25) is 0 Å². The molecule has 0 aliphatic heterocycles. The summed E-state index contributed by atoms with van der Waals surface area (Å²) in [5.74, 6) is 1.10. The second-order valence-electron chi connectivity index (χ2n) is 3.75. The fourth-order valence-corrected chi connectivity index (χ4v) is 2.20. The smallest absolute Gasteiger partial charge is 0.258 e. The largest absolute Gasteiger partial charge is 0.315 e. The van der Waals surface area contributed by atoms with E-state index in [0.29, 0.717) is 0 Å². The number of pyridine rings is 1. The highest BCUT2D eigenvalue weighted by molar-refractivity contribution is 7.98. The molecule has 0 atom stereocenters. The Hall–Kier alpha value is -1.22. The number of rotatable bonds is 4. The summed E-state index contributed by atoms with van der Waals surface area (Å²) < 4.78 is 1.80. The second-order valence-corrected chi connectivity index (χ2v) is 4.73. The summed E-state index contributed by atoms with van der Waals surface area (Å²) >= 11 is 1.81. The van der Waals surface area contributed by atoms with Crippen LogP contribution in [0, 0.1) is 0 Å². The van der Waals surface area contributed by atoms with Crippen molar-refractivity contribution >= 4 is 22.5 Å². The predicted molar refractivity (Wildman–Crippen MR) is 71.2 cm³/mol. The van der Waals surface area contributed by atoms with Crippen molar-refractivity contribution in [2.75, 3.05) is 12.0 Å². The third-order valence-electron chi connectivity index (χ3n) is 2.63. The third kappa shape index (κ3) is 2.30. The minimum absolute atomic E-state index is 0.124. The van der Waals surface area contributed by atoms with Crippen LogP contribution in [0.15, 0.2) is 41.3 Å². The average molecular weight is 233 g/mol. The highest BCUT2D eigenvalue weighted by Gasteiger charge is 2.00. The molecule has 84 valence electrons. The normalized spacial score (nSPS) is 10.8. The van der Waals surface area contributed by atoms with Crippen molar-refractivity contribution in [1.29, 1.82) is 0 Å². The Kier molecular flexibility index (Phi) is 3.67. The first kappa shape index (κ1) is 11.3. The molecule has 0 aliphatic rings. The Morgan fingerprint density at radius 2 is 2.06 bits per heavy atom. The van der Waals surface area contributed by atoms with E-state index in [-0.39, 0.29) is 5.56 Å². The lowest BCUT2D eigenvalue weighted by Gasteiger charge is -2.06. The first-order chi connectivity index (χ1) is 7.83. The Morgan fingerprint density at radius 1 is 1.25 bits per heavy atom. The van der Waals surface area contributed by atoms with Crippen LogP contribution < -0.4 is 5.56 Å². The molecule has 0 fully saturated rings. The minimum Gasteiger partial charge on any atom is -0.315 e. The molecule has 0 N–H and O–H groups in total. The summed E-state index contributed by atoms with van der Waals surface area (Å²) in [6.07, 6.45) is 5.02. The summed E-state index contributed by atoms with van der Waals surface area (Å²) in [6, 6.07) is 9.75. The van der Waals surface area contributed by atoms with Crippen molar-refractivity contribution in [2.24, 2.45) is 0 Å². The van der Waals surface area contributed by atoms with Gasteiger partial charge in [0.15, 0.2) is 0 Å². The molecular weight excluding hydrogens is 218 g/mol. The molecule has 1 aromatic carbocycles. The summed E-state index contributed by atoms with van der Waals surface area (Å²) in [6.45, 7) is 0.810. The number of hydrogen-bond donors (Lipinski definition) is 0. The Bertz CT molecular complexity index is 533. The van der Waals surface area contributed by atoms with Gasteiger partial charge in [0.25, 0.3) is 5.56 Å². The molecule has 0 saturated heterocycles. The zero-order valence-electron chi connectivity index (χ0n) is 9.35. The zero-order chi connectivity index (χ0) is 11.4. The van der Waals surface area contributed by atoms with Crippen LogP contribution in [0.5, 0.6) is 0 Å². The van der Waals surface area contributed by atoms with E-state index < -0.39 is 0 Å². The number of hydrogen-bond acceptors (Lipinski definition) is 2. The lowest BCUT2D eigenvalue weighted by Crippen LogP contribution is -2.19. The van der Waals surface area contributed by atoms with E-state index in [1.165, 1.54) is 0 Å². The maximum Gasteiger partial charge on any atom is 0.258 e. The number of fused-ring (bicyclic) bond motifs is 1. The van der Waals surface area contributed by atoms with Gasteiger partial charge in [0.2, 0.25) is 0 Å². The first-order valence-corrected chi connectivity index (χ1v) is 6.79. The first-order valence-electron chi connectivity index (χ1n) is 5.40. The van der Waals surface area contributed by atoms with Crippen LogP contribution >= 0.6 is 11.8 Å². The SMILES string of the molecule is CSCCCn1ccc2ccccc2c1=O. The monoisotopic (exact) mass is 233 g/mol. The Morgan fingerprint density at radius 3 is 2.88 bits per heavy atom.